The summed E-state index contributed by atoms with van der Waals surface area (Å²) in [5.41, 5.74) is 3.40. The Bertz CT molecular complexity index is 1220. The van der Waals surface area contributed by atoms with Crippen LogP contribution in [-0.2, 0) is 13.1 Å². The third-order valence-electron chi connectivity index (χ3n) is 5.53. The summed E-state index contributed by atoms with van der Waals surface area (Å²) in [6.07, 6.45) is 5.29. The van der Waals surface area contributed by atoms with Crippen molar-refractivity contribution in [3.63, 3.8) is 0 Å². The molecule has 0 unspecified atom stereocenters. The van der Waals surface area contributed by atoms with E-state index in [1.165, 1.54) is 0 Å². The molecule has 0 aliphatic carbocycles. The molecule has 0 bridgehead atoms. The standard InChI is InChI=1S/C24H18N2O5/c27-23-17-2-4-19-18(12-26(13-28-19)11-15-5-7-25-8-6-15)24(17)31-22(23)10-16-1-3-20-21(9-16)30-14-29-20/h1-10H,11-14H2. The zero-order chi connectivity index (χ0) is 20.8. The van der Waals surface area contributed by atoms with E-state index in [4.69, 9.17) is 18.9 Å². The van der Waals surface area contributed by atoms with Crippen molar-refractivity contribution in [1.29, 1.82) is 0 Å². The summed E-state index contributed by atoms with van der Waals surface area (Å²) in [5, 5.41) is 0. The Morgan fingerprint density at radius 2 is 1.81 bits per heavy atom. The molecule has 0 saturated carbocycles. The highest BCUT2D eigenvalue weighted by molar-refractivity contribution is 6.15. The van der Waals surface area contributed by atoms with Gasteiger partial charge in [0.25, 0.3) is 0 Å². The van der Waals surface area contributed by atoms with Gasteiger partial charge in [-0.3, -0.25) is 14.7 Å². The smallest absolute Gasteiger partial charge is 0.231 e. The van der Waals surface area contributed by atoms with Gasteiger partial charge in [-0.1, -0.05) is 6.07 Å². The molecule has 0 radical (unpaired) electrons. The van der Waals surface area contributed by atoms with E-state index < -0.39 is 0 Å². The van der Waals surface area contributed by atoms with Gasteiger partial charge in [0.05, 0.1) is 11.1 Å². The minimum atomic E-state index is -0.137. The predicted molar refractivity (Wildman–Crippen MR) is 111 cm³/mol. The Morgan fingerprint density at radius 1 is 0.968 bits per heavy atom. The van der Waals surface area contributed by atoms with Crippen molar-refractivity contribution in [2.24, 2.45) is 0 Å². The number of fused-ring (bicyclic) bond motifs is 4. The molecular formula is C24H18N2O5. The summed E-state index contributed by atoms with van der Waals surface area (Å²) in [6.45, 7) is 2.03. The minimum Gasteiger partial charge on any atom is -0.478 e. The van der Waals surface area contributed by atoms with Crippen molar-refractivity contribution in [2.45, 2.75) is 13.1 Å². The fraction of sp³-hybridized carbons (Fsp3) is 0.167. The second-order valence-electron chi connectivity index (χ2n) is 7.59. The fourth-order valence-electron chi connectivity index (χ4n) is 4.01. The first-order valence-electron chi connectivity index (χ1n) is 9.98. The molecule has 2 aromatic carbocycles. The van der Waals surface area contributed by atoms with Gasteiger partial charge in [-0.15, -0.1) is 0 Å². The lowest BCUT2D eigenvalue weighted by Gasteiger charge is -2.29. The largest absolute Gasteiger partial charge is 0.478 e. The van der Waals surface area contributed by atoms with Crippen molar-refractivity contribution in [1.82, 2.24) is 9.88 Å². The van der Waals surface area contributed by atoms with Crippen molar-refractivity contribution >= 4 is 11.9 Å². The third kappa shape index (κ3) is 3.19. The molecule has 3 aromatic rings. The molecule has 1 aromatic heterocycles. The summed E-state index contributed by atoms with van der Waals surface area (Å²) >= 11 is 0. The summed E-state index contributed by atoms with van der Waals surface area (Å²) in [4.78, 5) is 19.2. The molecular weight excluding hydrogens is 396 g/mol. The Labute approximate surface area is 178 Å². The maximum Gasteiger partial charge on any atom is 0.231 e. The molecule has 154 valence electrons. The lowest BCUT2D eigenvalue weighted by molar-refractivity contribution is 0.0872. The van der Waals surface area contributed by atoms with Crippen LogP contribution in [-0.4, -0.2) is 29.2 Å². The van der Waals surface area contributed by atoms with Crippen LogP contribution in [0.25, 0.3) is 6.08 Å². The number of Topliss-reactive ketones (excluding diaryl/α,β-unsaturated/α-hetero) is 1. The van der Waals surface area contributed by atoms with Crippen LogP contribution in [0.15, 0.2) is 60.6 Å². The van der Waals surface area contributed by atoms with Crippen molar-refractivity contribution in [2.75, 3.05) is 13.5 Å². The van der Waals surface area contributed by atoms with Crippen molar-refractivity contribution < 1.29 is 23.7 Å². The Hall–Kier alpha value is -3.84. The average Bonchev–Trinajstić information content (AvgIpc) is 3.39. The van der Waals surface area contributed by atoms with E-state index in [1.807, 2.05) is 36.4 Å². The van der Waals surface area contributed by atoms with Crippen LogP contribution in [0, 0.1) is 0 Å². The van der Waals surface area contributed by atoms with Gasteiger partial charge < -0.3 is 18.9 Å². The first kappa shape index (κ1) is 18.0. The number of ketones is 1. The molecule has 7 heteroatoms. The van der Waals surface area contributed by atoms with E-state index >= 15 is 0 Å². The molecule has 0 atom stereocenters. The number of benzene rings is 2. The number of allylic oxidation sites excluding steroid dienone is 1. The second kappa shape index (κ2) is 7.14. The zero-order valence-electron chi connectivity index (χ0n) is 16.5. The maximum atomic E-state index is 13.0. The van der Waals surface area contributed by atoms with Gasteiger partial charge in [-0.2, -0.15) is 0 Å². The molecule has 0 amide bonds. The van der Waals surface area contributed by atoms with E-state index in [0.717, 1.165) is 29.0 Å². The zero-order valence-corrected chi connectivity index (χ0v) is 16.5. The molecule has 0 saturated heterocycles. The fourth-order valence-corrected chi connectivity index (χ4v) is 4.01. The number of ether oxygens (including phenoxy) is 4. The lowest BCUT2D eigenvalue weighted by Crippen LogP contribution is -2.31. The van der Waals surface area contributed by atoms with Crippen LogP contribution < -0.4 is 18.9 Å². The van der Waals surface area contributed by atoms with Gasteiger partial charge in [0.2, 0.25) is 12.6 Å². The highest BCUT2D eigenvalue weighted by atomic mass is 16.7. The number of pyridine rings is 1. The molecule has 7 nitrogen and oxygen atoms in total. The first-order valence-corrected chi connectivity index (χ1v) is 9.98. The molecule has 0 spiro atoms. The van der Waals surface area contributed by atoms with Crippen LogP contribution in [0.2, 0.25) is 0 Å². The van der Waals surface area contributed by atoms with Crippen molar-refractivity contribution in [3.8, 4) is 23.0 Å². The number of hydrogen-bond donors (Lipinski definition) is 0. The van der Waals surface area contributed by atoms with Gasteiger partial charge >= 0.3 is 0 Å². The van der Waals surface area contributed by atoms with E-state index in [0.29, 0.717) is 36.1 Å². The summed E-state index contributed by atoms with van der Waals surface area (Å²) in [5.74, 6) is 2.84. The molecule has 3 aliphatic rings. The summed E-state index contributed by atoms with van der Waals surface area (Å²) < 4.78 is 22.8. The lowest BCUT2D eigenvalue weighted by atomic mass is 10.0. The Balaban J connectivity index is 1.29. The van der Waals surface area contributed by atoms with Crippen LogP contribution in [0.3, 0.4) is 0 Å². The monoisotopic (exact) mass is 414 g/mol. The number of hydrogen-bond acceptors (Lipinski definition) is 7. The van der Waals surface area contributed by atoms with Gasteiger partial charge in [0, 0.05) is 25.5 Å². The van der Waals surface area contributed by atoms with Crippen LogP contribution in [0.5, 0.6) is 23.0 Å². The van der Waals surface area contributed by atoms with Crippen LogP contribution in [0.1, 0.15) is 27.0 Å². The van der Waals surface area contributed by atoms with E-state index in [2.05, 4.69) is 9.88 Å². The molecule has 4 heterocycles. The molecule has 3 aliphatic heterocycles. The van der Waals surface area contributed by atoms with E-state index in [1.54, 1.807) is 24.5 Å². The topological polar surface area (TPSA) is 70.1 Å². The van der Waals surface area contributed by atoms with E-state index in [9.17, 15) is 4.79 Å². The highest BCUT2D eigenvalue weighted by Gasteiger charge is 2.33. The number of nitrogens with zero attached hydrogens (tertiary/aromatic N) is 2. The summed E-state index contributed by atoms with van der Waals surface area (Å²) in [6, 6.07) is 13.1. The van der Waals surface area contributed by atoms with Crippen LogP contribution in [0.4, 0.5) is 0 Å². The third-order valence-corrected chi connectivity index (χ3v) is 5.53. The number of carbonyl (C=O) groups excluding carboxylic acids is 1. The normalized spacial score (nSPS) is 17.8. The predicted octanol–water partition coefficient (Wildman–Crippen LogP) is 3.78. The summed E-state index contributed by atoms with van der Waals surface area (Å²) in [7, 11) is 0. The second-order valence-corrected chi connectivity index (χ2v) is 7.59. The van der Waals surface area contributed by atoms with Gasteiger partial charge in [-0.25, -0.2) is 0 Å². The molecule has 0 N–H and O–H groups in total. The maximum absolute atomic E-state index is 13.0. The minimum absolute atomic E-state index is 0.137. The molecule has 6 rings (SSSR count). The number of aromatic nitrogens is 1. The molecule has 0 fully saturated rings. The SMILES string of the molecule is O=C1C(=Cc2ccc3c(c2)OCO3)Oc2c1ccc1c2CN(Cc2ccncc2)CO1. The van der Waals surface area contributed by atoms with Crippen LogP contribution >= 0.6 is 0 Å². The van der Waals surface area contributed by atoms with Gasteiger partial charge in [-0.05, 0) is 53.6 Å². The first-order chi connectivity index (χ1) is 15.2. The Morgan fingerprint density at radius 3 is 2.71 bits per heavy atom. The van der Waals surface area contributed by atoms with E-state index in [-0.39, 0.29) is 18.3 Å². The molecule has 31 heavy (non-hydrogen) atoms. The average molecular weight is 414 g/mol. The quantitative estimate of drug-likeness (QED) is 0.604. The van der Waals surface area contributed by atoms with Gasteiger partial charge in [0.15, 0.2) is 17.3 Å². The van der Waals surface area contributed by atoms with Crippen molar-refractivity contribution in [3.05, 3.63) is 82.9 Å². The van der Waals surface area contributed by atoms with Gasteiger partial charge in [0.1, 0.15) is 18.2 Å². The Kier molecular flexibility index (Phi) is 4.14. The highest BCUT2D eigenvalue weighted by Crippen LogP contribution is 2.42. The number of carbonyl (C=O) groups is 1. The number of rotatable bonds is 3.